The van der Waals surface area contributed by atoms with Crippen molar-refractivity contribution < 1.29 is 8.42 Å². The topological polar surface area (TPSA) is 60.2 Å². The van der Waals surface area contributed by atoms with Crippen molar-refractivity contribution in [1.29, 1.82) is 0 Å². The van der Waals surface area contributed by atoms with Crippen molar-refractivity contribution in [1.82, 2.24) is 0 Å². The molecule has 20 heavy (non-hydrogen) atoms. The Morgan fingerprint density at radius 1 is 1.30 bits per heavy atom. The Labute approximate surface area is 122 Å². The summed E-state index contributed by atoms with van der Waals surface area (Å²) in [6.45, 7) is 1.71. The molecule has 2 N–H and O–H groups in total. The molecule has 0 aliphatic heterocycles. The first-order valence-electron chi connectivity index (χ1n) is 7.57. The largest absolute Gasteiger partial charge is 0.324 e. The Morgan fingerprint density at radius 2 is 2.05 bits per heavy atom. The quantitative estimate of drug-likeness (QED) is 0.850. The summed E-state index contributed by atoms with van der Waals surface area (Å²) in [4.78, 5) is 0. The zero-order chi connectivity index (χ0) is 14.6. The highest BCUT2D eigenvalue weighted by molar-refractivity contribution is 7.91. The average Bonchev–Trinajstić information content (AvgIpc) is 2.60. The number of aryl methyl sites for hydroxylation is 1. The molecule has 3 nitrogen and oxygen atoms in total. The van der Waals surface area contributed by atoms with Crippen molar-refractivity contribution in [3.05, 3.63) is 35.4 Å². The Kier molecular flexibility index (Phi) is 5.22. The summed E-state index contributed by atoms with van der Waals surface area (Å²) in [5.41, 5.74) is 9.05. The van der Waals surface area contributed by atoms with Crippen LogP contribution < -0.4 is 5.73 Å². The third kappa shape index (κ3) is 3.83. The normalized spacial score (nSPS) is 23.1. The molecule has 1 aliphatic carbocycles. The number of benzene rings is 1. The molecule has 112 valence electrons. The van der Waals surface area contributed by atoms with Gasteiger partial charge in [-0.15, -0.1) is 0 Å². The van der Waals surface area contributed by atoms with E-state index in [1.165, 1.54) is 11.1 Å². The van der Waals surface area contributed by atoms with E-state index in [9.17, 15) is 8.42 Å². The van der Waals surface area contributed by atoms with Gasteiger partial charge in [-0.25, -0.2) is 8.42 Å². The molecule has 0 fully saturated rings. The van der Waals surface area contributed by atoms with Crippen molar-refractivity contribution in [2.45, 2.75) is 45.1 Å². The van der Waals surface area contributed by atoms with Crippen LogP contribution in [0.4, 0.5) is 0 Å². The van der Waals surface area contributed by atoms with Crippen molar-refractivity contribution in [3.8, 4) is 0 Å². The van der Waals surface area contributed by atoms with E-state index in [1.807, 2.05) is 6.07 Å². The fraction of sp³-hybridized carbons (Fsp3) is 0.625. The summed E-state index contributed by atoms with van der Waals surface area (Å²) in [7, 11) is -2.85. The van der Waals surface area contributed by atoms with Gasteiger partial charge in [0, 0.05) is 11.8 Å². The number of nitrogens with two attached hydrogens (primary N) is 1. The summed E-state index contributed by atoms with van der Waals surface area (Å²) in [6, 6.07) is 8.46. The van der Waals surface area contributed by atoms with E-state index in [-0.39, 0.29) is 11.8 Å². The van der Waals surface area contributed by atoms with E-state index in [2.05, 4.69) is 18.2 Å². The average molecular weight is 295 g/mol. The fourth-order valence-electron chi connectivity index (χ4n) is 3.11. The molecule has 0 bridgehead atoms. The molecule has 0 aromatic heterocycles. The summed E-state index contributed by atoms with van der Waals surface area (Å²) in [6.07, 6.45) is 4.98. The molecule has 4 heteroatoms. The minimum atomic E-state index is -2.85. The van der Waals surface area contributed by atoms with Gasteiger partial charge in [-0.1, -0.05) is 31.2 Å². The first-order valence-corrected chi connectivity index (χ1v) is 9.39. The zero-order valence-electron chi connectivity index (χ0n) is 12.2. The van der Waals surface area contributed by atoms with Crippen LogP contribution in [0.25, 0.3) is 0 Å². The van der Waals surface area contributed by atoms with Gasteiger partial charge in [0.25, 0.3) is 0 Å². The van der Waals surface area contributed by atoms with Crippen LogP contribution in [-0.2, 0) is 16.3 Å². The van der Waals surface area contributed by atoms with Crippen LogP contribution in [0.3, 0.4) is 0 Å². The van der Waals surface area contributed by atoms with Gasteiger partial charge in [0.2, 0.25) is 0 Å². The van der Waals surface area contributed by atoms with Crippen molar-refractivity contribution in [2.75, 3.05) is 11.5 Å². The van der Waals surface area contributed by atoms with Gasteiger partial charge in [-0.3, -0.25) is 0 Å². The lowest BCUT2D eigenvalue weighted by Crippen LogP contribution is -2.22. The van der Waals surface area contributed by atoms with Crippen LogP contribution in [0, 0.1) is 5.92 Å². The van der Waals surface area contributed by atoms with E-state index in [4.69, 9.17) is 5.73 Å². The maximum absolute atomic E-state index is 11.6. The number of hydrogen-bond acceptors (Lipinski definition) is 3. The van der Waals surface area contributed by atoms with E-state index >= 15 is 0 Å². The highest BCUT2D eigenvalue weighted by Crippen LogP contribution is 2.34. The lowest BCUT2D eigenvalue weighted by molar-refractivity contribution is 0.374. The van der Waals surface area contributed by atoms with E-state index in [0.29, 0.717) is 11.7 Å². The molecular weight excluding hydrogens is 270 g/mol. The second kappa shape index (κ2) is 6.72. The Morgan fingerprint density at radius 3 is 2.80 bits per heavy atom. The molecule has 1 aliphatic rings. The lowest BCUT2D eigenvalue weighted by atomic mass is 9.88. The van der Waals surface area contributed by atoms with Crippen molar-refractivity contribution in [2.24, 2.45) is 11.7 Å². The molecule has 0 amide bonds. The van der Waals surface area contributed by atoms with Gasteiger partial charge in [0.15, 0.2) is 0 Å². The van der Waals surface area contributed by atoms with Gasteiger partial charge in [-0.2, -0.15) is 0 Å². The molecule has 0 spiro atoms. The number of rotatable bonds is 5. The molecule has 2 atom stereocenters. The molecule has 2 unspecified atom stereocenters. The van der Waals surface area contributed by atoms with E-state index in [0.717, 1.165) is 32.1 Å². The monoisotopic (exact) mass is 295 g/mol. The number of hydrogen-bond donors (Lipinski definition) is 1. The smallest absolute Gasteiger partial charge is 0.150 e. The SMILES string of the molecule is CCS(=O)(=O)CCCC1CCCc2ccccc2C1N. The fourth-order valence-corrected chi connectivity index (χ4v) is 4.00. The minimum Gasteiger partial charge on any atom is -0.324 e. The summed E-state index contributed by atoms with van der Waals surface area (Å²) < 4.78 is 23.1. The predicted octanol–water partition coefficient (Wildman–Crippen LogP) is 2.85. The van der Waals surface area contributed by atoms with Gasteiger partial charge in [0.1, 0.15) is 9.84 Å². The van der Waals surface area contributed by atoms with Crippen LogP contribution in [0.1, 0.15) is 49.8 Å². The van der Waals surface area contributed by atoms with Gasteiger partial charge in [0.05, 0.1) is 5.75 Å². The van der Waals surface area contributed by atoms with Crippen LogP contribution in [0.15, 0.2) is 24.3 Å². The Hall–Kier alpha value is -0.870. The zero-order valence-corrected chi connectivity index (χ0v) is 13.0. The number of fused-ring (bicyclic) bond motifs is 1. The lowest BCUT2D eigenvalue weighted by Gasteiger charge is -2.23. The summed E-state index contributed by atoms with van der Waals surface area (Å²) >= 11 is 0. The molecule has 1 aromatic rings. The molecular formula is C16H25NO2S. The molecule has 2 rings (SSSR count). The maximum atomic E-state index is 11.6. The molecule has 0 saturated heterocycles. The van der Waals surface area contributed by atoms with Crippen LogP contribution in [0.2, 0.25) is 0 Å². The molecule has 0 saturated carbocycles. The Bertz CT molecular complexity index is 539. The van der Waals surface area contributed by atoms with E-state index < -0.39 is 9.84 Å². The van der Waals surface area contributed by atoms with Gasteiger partial charge >= 0.3 is 0 Å². The molecule has 1 aromatic carbocycles. The van der Waals surface area contributed by atoms with Crippen molar-refractivity contribution in [3.63, 3.8) is 0 Å². The van der Waals surface area contributed by atoms with E-state index in [1.54, 1.807) is 6.92 Å². The highest BCUT2D eigenvalue weighted by Gasteiger charge is 2.24. The standard InChI is InChI=1S/C16H25NO2S/c1-2-20(18,19)12-6-10-14-9-5-8-13-7-3-4-11-15(13)16(14)17/h3-4,7,11,14,16H,2,5-6,8-10,12,17H2,1H3. The van der Waals surface area contributed by atoms with Gasteiger partial charge in [-0.05, 0) is 49.1 Å². The van der Waals surface area contributed by atoms with Crippen molar-refractivity contribution >= 4 is 9.84 Å². The Balaban J connectivity index is 1.99. The van der Waals surface area contributed by atoms with Gasteiger partial charge < -0.3 is 5.73 Å². The second-order valence-corrected chi connectivity index (χ2v) is 8.23. The van der Waals surface area contributed by atoms with Crippen LogP contribution in [-0.4, -0.2) is 19.9 Å². The first kappa shape index (κ1) is 15.5. The summed E-state index contributed by atoms with van der Waals surface area (Å²) in [5, 5.41) is 0. The highest BCUT2D eigenvalue weighted by atomic mass is 32.2. The second-order valence-electron chi connectivity index (χ2n) is 5.76. The predicted molar refractivity (Wildman–Crippen MR) is 83.4 cm³/mol. The molecule has 0 radical (unpaired) electrons. The third-order valence-corrected chi connectivity index (χ3v) is 6.20. The maximum Gasteiger partial charge on any atom is 0.150 e. The third-order valence-electron chi connectivity index (χ3n) is 4.41. The molecule has 0 heterocycles. The number of sulfone groups is 1. The first-order chi connectivity index (χ1) is 9.53. The summed E-state index contributed by atoms with van der Waals surface area (Å²) in [5.74, 6) is 0.951. The van der Waals surface area contributed by atoms with Crippen LogP contribution in [0.5, 0.6) is 0 Å². The minimum absolute atomic E-state index is 0.0537. The van der Waals surface area contributed by atoms with Crippen LogP contribution >= 0.6 is 0 Å².